The first-order valence-electron chi connectivity index (χ1n) is 6.84. The van der Waals surface area contributed by atoms with Crippen molar-refractivity contribution in [2.24, 2.45) is 5.73 Å². The smallest absolute Gasteiger partial charge is 0.119 e. The summed E-state index contributed by atoms with van der Waals surface area (Å²) < 4.78 is 10.5. The maximum Gasteiger partial charge on any atom is 0.119 e. The molecule has 0 spiro atoms. The first kappa shape index (κ1) is 14.8. The molecule has 2 atom stereocenters. The molecule has 1 aromatic rings. The van der Waals surface area contributed by atoms with Gasteiger partial charge in [0.2, 0.25) is 0 Å². The topological polar surface area (TPSA) is 71.5 Å². The number of benzene rings is 1. The molecule has 108 valence electrons. The molecule has 0 aliphatic carbocycles. The van der Waals surface area contributed by atoms with Crippen molar-refractivity contribution in [3.05, 3.63) is 29.8 Å². The number of methoxy groups -OCH3 is 1. The highest BCUT2D eigenvalue weighted by molar-refractivity contribution is 5.29. The minimum Gasteiger partial charge on any atom is -0.497 e. The van der Waals surface area contributed by atoms with Crippen LogP contribution >= 0.6 is 0 Å². The van der Waals surface area contributed by atoms with Gasteiger partial charge in [0.25, 0.3) is 0 Å². The summed E-state index contributed by atoms with van der Waals surface area (Å²) >= 11 is 0. The molecule has 1 saturated heterocycles. The van der Waals surface area contributed by atoms with Crippen molar-refractivity contribution < 1.29 is 9.47 Å². The molecule has 0 amide bonds. The van der Waals surface area contributed by atoms with E-state index in [1.165, 1.54) is 0 Å². The van der Waals surface area contributed by atoms with Gasteiger partial charge in [-0.25, -0.2) is 0 Å². The second-order valence-corrected chi connectivity index (χ2v) is 4.94. The Balaban J connectivity index is 2.01. The summed E-state index contributed by atoms with van der Waals surface area (Å²) in [6, 6.07) is 9.66. The SMILES string of the molecule is COc1cccc(C[C@H](N)[C@H](C#N)N2CCOCC2)c1. The van der Waals surface area contributed by atoms with Crippen LogP contribution in [0.1, 0.15) is 5.56 Å². The monoisotopic (exact) mass is 275 g/mol. The number of rotatable bonds is 5. The summed E-state index contributed by atoms with van der Waals surface area (Å²) in [5, 5.41) is 9.39. The molecule has 2 N–H and O–H groups in total. The van der Waals surface area contributed by atoms with Crippen LogP contribution in [0.5, 0.6) is 5.75 Å². The lowest BCUT2D eigenvalue weighted by molar-refractivity contribution is 0.0226. The molecule has 0 unspecified atom stereocenters. The summed E-state index contributed by atoms with van der Waals surface area (Å²) in [4.78, 5) is 2.11. The third-order valence-electron chi connectivity index (χ3n) is 3.58. The lowest BCUT2D eigenvalue weighted by atomic mass is 9.99. The Labute approximate surface area is 119 Å². The third kappa shape index (κ3) is 3.70. The zero-order valence-electron chi connectivity index (χ0n) is 11.8. The van der Waals surface area contributed by atoms with Gasteiger partial charge >= 0.3 is 0 Å². The number of nitriles is 1. The fourth-order valence-electron chi connectivity index (χ4n) is 2.49. The highest BCUT2D eigenvalue weighted by atomic mass is 16.5. The number of nitrogens with zero attached hydrogens (tertiary/aromatic N) is 2. The molecule has 0 saturated carbocycles. The largest absolute Gasteiger partial charge is 0.497 e. The zero-order chi connectivity index (χ0) is 14.4. The average molecular weight is 275 g/mol. The lowest BCUT2D eigenvalue weighted by Crippen LogP contribution is -2.52. The van der Waals surface area contributed by atoms with Gasteiger partial charge in [-0.1, -0.05) is 12.1 Å². The standard InChI is InChI=1S/C15H21N3O2/c1-19-13-4-2-3-12(9-13)10-14(17)15(11-16)18-5-7-20-8-6-18/h2-4,9,14-15H,5-8,10,17H2,1H3/t14-,15-/m0/s1. The van der Waals surface area contributed by atoms with Crippen molar-refractivity contribution >= 4 is 0 Å². The lowest BCUT2D eigenvalue weighted by Gasteiger charge is -2.33. The van der Waals surface area contributed by atoms with Gasteiger partial charge in [0.15, 0.2) is 0 Å². The van der Waals surface area contributed by atoms with Gasteiger partial charge in [-0.2, -0.15) is 5.26 Å². The van der Waals surface area contributed by atoms with Gasteiger partial charge in [0.05, 0.1) is 26.4 Å². The van der Waals surface area contributed by atoms with Crippen LogP contribution in [-0.4, -0.2) is 50.4 Å². The predicted molar refractivity (Wildman–Crippen MR) is 76.5 cm³/mol. The van der Waals surface area contributed by atoms with E-state index >= 15 is 0 Å². The van der Waals surface area contributed by atoms with E-state index in [2.05, 4.69) is 11.0 Å². The molecule has 1 fully saturated rings. The molecule has 2 rings (SSSR count). The second kappa shape index (κ2) is 7.25. The maximum absolute atomic E-state index is 9.39. The Hall–Kier alpha value is -1.61. The maximum atomic E-state index is 9.39. The second-order valence-electron chi connectivity index (χ2n) is 4.94. The molecule has 5 heteroatoms. The summed E-state index contributed by atoms with van der Waals surface area (Å²) in [5.41, 5.74) is 7.33. The Bertz CT molecular complexity index is 466. The molecular weight excluding hydrogens is 254 g/mol. The van der Waals surface area contributed by atoms with E-state index in [-0.39, 0.29) is 12.1 Å². The predicted octanol–water partition coefficient (Wildman–Crippen LogP) is 0.789. The normalized spacial score (nSPS) is 19.1. The van der Waals surface area contributed by atoms with E-state index < -0.39 is 0 Å². The van der Waals surface area contributed by atoms with Gasteiger partial charge in [-0.3, -0.25) is 4.90 Å². The van der Waals surface area contributed by atoms with Crippen LogP contribution in [0, 0.1) is 11.3 Å². The summed E-state index contributed by atoms with van der Waals surface area (Å²) in [6.45, 7) is 2.88. The van der Waals surface area contributed by atoms with Crippen molar-refractivity contribution in [1.29, 1.82) is 5.26 Å². The fourth-order valence-corrected chi connectivity index (χ4v) is 2.49. The number of hydrogen-bond acceptors (Lipinski definition) is 5. The Morgan fingerprint density at radius 3 is 2.85 bits per heavy atom. The summed E-state index contributed by atoms with van der Waals surface area (Å²) in [6.07, 6.45) is 0.660. The zero-order valence-corrected chi connectivity index (χ0v) is 11.8. The third-order valence-corrected chi connectivity index (χ3v) is 3.58. The Morgan fingerprint density at radius 1 is 1.45 bits per heavy atom. The van der Waals surface area contributed by atoms with Crippen molar-refractivity contribution in [3.63, 3.8) is 0 Å². The molecule has 0 radical (unpaired) electrons. The van der Waals surface area contributed by atoms with Crippen molar-refractivity contribution in [1.82, 2.24) is 4.90 Å². The highest BCUT2D eigenvalue weighted by Crippen LogP contribution is 2.16. The molecular formula is C15H21N3O2. The molecule has 1 aliphatic rings. The van der Waals surface area contributed by atoms with E-state index in [1.807, 2.05) is 24.3 Å². The van der Waals surface area contributed by atoms with Gasteiger partial charge in [0.1, 0.15) is 11.8 Å². The molecule has 1 aromatic carbocycles. The first-order chi connectivity index (χ1) is 9.74. The Morgan fingerprint density at radius 2 is 2.20 bits per heavy atom. The molecule has 0 bridgehead atoms. The minimum atomic E-state index is -0.273. The van der Waals surface area contributed by atoms with Crippen LogP contribution in [0.3, 0.4) is 0 Å². The van der Waals surface area contributed by atoms with Crippen LogP contribution < -0.4 is 10.5 Å². The van der Waals surface area contributed by atoms with Crippen molar-refractivity contribution in [2.75, 3.05) is 33.4 Å². The van der Waals surface area contributed by atoms with Crippen LogP contribution in [0.2, 0.25) is 0 Å². The van der Waals surface area contributed by atoms with E-state index in [1.54, 1.807) is 7.11 Å². The van der Waals surface area contributed by atoms with Crippen LogP contribution in [0.4, 0.5) is 0 Å². The highest BCUT2D eigenvalue weighted by Gasteiger charge is 2.26. The minimum absolute atomic E-state index is 0.217. The summed E-state index contributed by atoms with van der Waals surface area (Å²) in [5.74, 6) is 0.814. The van der Waals surface area contributed by atoms with Crippen LogP contribution in [-0.2, 0) is 11.2 Å². The quantitative estimate of drug-likeness (QED) is 0.860. The average Bonchev–Trinajstić information content (AvgIpc) is 2.49. The molecule has 0 aromatic heterocycles. The molecule has 5 nitrogen and oxygen atoms in total. The van der Waals surface area contributed by atoms with Crippen molar-refractivity contribution in [3.8, 4) is 11.8 Å². The van der Waals surface area contributed by atoms with Gasteiger partial charge < -0.3 is 15.2 Å². The van der Waals surface area contributed by atoms with Gasteiger partial charge in [0, 0.05) is 19.1 Å². The number of ether oxygens (including phenoxy) is 2. The molecule has 20 heavy (non-hydrogen) atoms. The first-order valence-corrected chi connectivity index (χ1v) is 6.84. The number of morpholine rings is 1. The number of nitrogens with two attached hydrogens (primary N) is 1. The van der Waals surface area contributed by atoms with Crippen LogP contribution in [0.25, 0.3) is 0 Å². The fraction of sp³-hybridized carbons (Fsp3) is 0.533. The number of hydrogen-bond donors (Lipinski definition) is 1. The van der Waals surface area contributed by atoms with Crippen LogP contribution in [0.15, 0.2) is 24.3 Å². The van der Waals surface area contributed by atoms with E-state index in [0.717, 1.165) is 24.4 Å². The Kier molecular flexibility index (Phi) is 5.36. The van der Waals surface area contributed by atoms with E-state index in [4.69, 9.17) is 15.2 Å². The van der Waals surface area contributed by atoms with E-state index in [9.17, 15) is 5.26 Å². The van der Waals surface area contributed by atoms with Crippen molar-refractivity contribution in [2.45, 2.75) is 18.5 Å². The summed E-state index contributed by atoms with van der Waals surface area (Å²) in [7, 11) is 1.64. The van der Waals surface area contributed by atoms with Gasteiger partial charge in [-0.05, 0) is 24.1 Å². The van der Waals surface area contributed by atoms with E-state index in [0.29, 0.717) is 19.6 Å². The molecule has 1 heterocycles. The molecule has 1 aliphatic heterocycles. The van der Waals surface area contributed by atoms with Gasteiger partial charge in [-0.15, -0.1) is 0 Å².